The SMILES string of the molecule is CCCCCC1CCC(c2ccc(-c3nc(N(O)Nc4ccc(C(=O)O)cc4C4CCC4)cs3)c(F)c2)CC1. The van der Waals surface area contributed by atoms with Crippen molar-refractivity contribution < 1.29 is 19.5 Å². The van der Waals surface area contributed by atoms with Crippen LogP contribution in [0.1, 0.15) is 111 Å². The number of hydrogen-bond donors (Lipinski definition) is 3. The van der Waals surface area contributed by atoms with Gasteiger partial charge in [0.2, 0.25) is 0 Å². The Kier molecular flexibility index (Phi) is 8.82. The number of aromatic carboxylic acids is 1. The number of nitrogens with zero attached hydrogens (tertiary/aromatic N) is 2. The molecule has 2 aromatic carbocycles. The molecule has 208 valence electrons. The number of carboxylic acids is 1. The van der Waals surface area contributed by atoms with Crippen molar-refractivity contribution in [2.24, 2.45) is 5.92 Å². The number of thiazole rings is 1. The van der Waals surface area contributed by atoms with Gasteiger partial charge in [-0.2, -0.15) is 0 Å². The third-order valence-electron chi connectivity index (χ3n) is 8.54. The number of hydrogen-bond acceptors (Lipinski definition) is 6. The molecule has 0 unspecified atom stereocenters. The van der Waals surface area contributed by atoms with Crippen LogP contribution in [0.4, 0.5) is 15.9 Å². The zero-order chi connectivity index (χ0) is 27.4. The van der Waals surface area contributed by atoms with Gasteiger partial charge in [0.05, 0.1) is 11.3 Å². The van der Waals surface area contributed by atoms with Crippen LogP contribution in [0.3, 0.4) is 0 Å². The fourth-order valence-electron chi connectivity index (χ4n) is 5.94. The summed E-state index contributed by atoms with van der Waals surface area (Å²) >= 11 is 1.27. The summed E-state index contributed by atoms with van der Waals surface area (Å²) < 4.78 is 15.2. The summed E-state index contributed by atoms with van der Waals surface area (Å²) in [4.78, 5) is 15.9. The molecule has 3 aromatic rings. The van der Waals surface area contributed by atoms with E-state index in [4.69, 9.17) is 0 Å². The standard InChI is InChI=1S/C31H38FN3O3S/c1-2-3-4-6-20-9-11-21(12-10-20)23-13-15-25(27(32)18-23)30-33-29(19-39-30)35(38)34-28-16-14-24(31(36)37)17-26(28)22-7-5-8-22/h13-22,34,38H,2-12H2,1H3,(H,36,37). The van der Waals surface area contributed by atoms with Gasteiger partial charge in [-0.3, -0.25) is 10.6 Å². The summed E-state index contributed by atoms with van der Waals surface area (Å²) in [6.45, 7) is 2.24. The van der Waals surface area contributed by atoms with E-state index in [1.54, 1.807) is 23.6 Å². The minimum atomic E-state index is -0.977. The topological polar surface area (TPSA) is 85.7 Å². The number of nitrogens with one attached hydrogen (secondary N) is 1. The molecule has 0 atom stereocenters. The molecule has 2 aliphatic rings. The van der Waals surface area contributed by atoms with Gasteiger partial charge in [0.25, 0.3) is 0 Å². The van der Waals surface area contributed by atoms with E-state index in [9.17, 15) is 15.1 Å². The number of carbonyl (C=O) groups is 1. The van der Waals surface area contributed by atoms with Gasteiger partial charge in [0, 0.05) is 10.9 Å². The van der Waals surface area contributed by atoms with E-state index < -0.39 is 5.97 Å². The zero-order valence-electron chi connectivity index (χ0n) is 22.5. The van der Waals surface area contributed by atoms with Crippen molar-refractivity contribution in [3.05, 3.63) is 64.3 Å². The van der Waals surface area contributed by atoms with Gasteiger partial charge in [0.1, 0.15) is 10.8 Å². The van der Waals surface area contributed by atoms with E-state index in [1.165, 1.54) is 55.9 Å². The molecule has 5 rings (SSSR count). The summed E-state index contributed by atoms with van der Waals surface area (Å²) in [6, 6.07) is 10.4. The molecule has 2 saturated carbocycles. The van der Waals surface area contributed by atoms with Crippen LogP contribution in [0.5, 0.6) is 0 Å². The lowest BCUT2D eigenvalue weighted by Crippen LogP contribution is -2.27. The Morgan fingerprint density at radius 2 is 1.87 bits per heavy atom. The molecule has 3 N–H and O–H groups in total. The number of rotatable bonds is 11. The highest BCUT2D eigenvalue weighted by Crippen LogP contribution is 2.41. The van der Waals surface area contributed by atoms with E-state index in [0.717, 1.165) is 54.3 Å². The number of hydrazine groups is 1. The molecule has 0 amide bonds. The van der Waals surface area contributed by atoms with Crippen LogP contribution in [-0.4, -0.2) is 21.3 Å². The van der Waals surface area contributed by atoms with Crippen molar-refractivity contribution in [1.29, 1.82) is 0 Å². The number of carboxylic acid groups (broad SMARTS) is 1. The largest absolute Gasteiger partial charge is 0.478 e. The molecule has 8 heteroatoms. The van der Waals surface area contributed by atoms with E-state index in [1.807, 2.05) is 12.1 Å². The smallest absolute Gasteiger partial charge is 0.335 e. The molecule has 0 radical (unpaired) electrons. The van der Waals surface area contributed by atoms with Crippen LogP contribution >= 0.6 is 11.3 Å². The third kappa shape index (κ3) is 6.44. The molecule has 39 heavy (non-hydrogen) atoms. The van der Waals surface area contributed by atoms with Crippen molar-refractivity contribution in [3.8, 4) is 10.6 Å². The summed E-state index contributed by atoms with van der Waals surface area (Å²) in [6.07, 6.45) is 13.0. The number of anilines is 2. The van der Waals surface area contributed by atoms with Crippen molar-refractivity contribution in [1.82, 2.24) is 4.98 Å². The second-order valence-corrected chi connectivity index (χ2v) is 12.0. The first-order valence-electron chi connectivity index (χ1n) is 14.3. The molecule has 0 aliphatic heterocycles. The second kappa shape index (κ2) is 12.5. The van der Waals surface area contributed by atoms with E-state index in [-0.39, 0.29) is 23.1 Å². The third-order valence-corrected chi connectivity index (χ3v) is 9.40. The van der Waals surface area contributed by atoms with E-state index in [2.05, 4.69) is 17.3 Å². The highest BCUT2D eigenvalue weighted by atomic mass is 32.1. The minimum Gasteiger partial charge on any atom is -0.478 e. The molecule has 0 spiro atoms. The quantitative estimate of drug-likeness (QED) is 0.163. The summed E-state index contributed by atoms with van der Waals surface area (Å²) in [5.74, 6) is 0.484. The highest BCUT2D eigenvalue weighted by molar-refractivity contribution is 7.13. The lowest BCUT2D eigenvalue weighted by molar-refractivity contribution is 0.0696. The average Bonchev–Trinajstić information content (AvgIpc) is 3.39. The Labute approximate surface area is 233 Å². The maximum atomic E-state index is 15.2. The molecule has 0 bridgehead atoms. The molecule has 1 heterocycles. The molecule has 1 aromatic heterocycles. The Balaban J connectivity index is 1.24. The predicted octanol–water partition coefficient (Wildman–Crippen LogP) is 8.99. The lowest BCUT2D eigenvalue weighted by Gasteiger charge is -2.29. The van der Waals surface area contributed by atoms with Crippen LogP contribution in [0, 0.1) is 11.7 Å². The van der Waals surface area contributed by atoms with Crippen molar-refractivity contribution in [2.45, 2.75) is 89.4 Å². The lowest BCUT2D eigenvalue weighted by atomic mass is 9.77. The first-order chi connectivity index (χ1) is 18.9. The van der Waals surface area contributed by atoms with Gasteiger partial charge in [-0.1, -0.05) is 45.1 Å². The van der Waals surface area contributed by atoms with Crippen LogP contribution in [0.25, 0.3) is 10.6 Å². The van der Waals surface area contributed by atoms with Gasteiger partial charge in [-0.05, 0) is 97.7 Å². The Bertz CT molecular complexity index is 1280. The molecular formula is C31H38FN3O3S. The van der Waals surface area contributed by atoms with E-state index in [0.29, 0.717) is 22.2 Å². The summed E-state index contributed by atoms with van der Waals surface area (Å²) in [5.41, 5.74) is 6.16. The summed E-state index contributed by atoms with van der Waals surface area (Å²) in [5, 5.41) is 23.1. The van der Waals surface area contributed by atoms with Crippen LogP contribution in [0.2, 0.25) is 0 Å². The zero-order valence-corrected chi connectivity index (χ0v) is 23.4. The maximum Gasteiger partial charge on any atom is 0.335 e. The molecule has 0 saturated heterocycles. The number of halogens is 1. The molecular weight excluding hydrogens is 513 g/mol. The van der Waals surface area contributed by atoms with Gasteiger partial charge in [0.15, 0.2) is 5.82 Å². The molecule has 2 fully saturated rings. The second-order valence-electron chi connectivity index (χ2n) is 11.1. The first-order valence-corrected chi connectivity index (χ1v) is 15.2. The fraction of sp³-hybridized carbons (Fsp3) is 0.484. The maximum absolute atomic E-state index is 15.2. The van der Waals surface area contributed by atoms with Gasteiger partial charge < -0.3 is 5.11 Å². The predicted molar refractivity (Wildman–Crippen MR) is 154 cm³/mol. The number of benzene rings is 2. The Morgan fingerprint density at radius 3 is 2.54 bits per heavy atom. The van der Waals surface area contributed by atoms with Gasteiger partial charge >= 0.3 is 5.97 Å². The average molecular weight is 552 g/mol. The minimum absolute atomic E-state index is 0.224. The Morgan fingerprint density at radius 1 is 1.08 bits per heavy atom. The number of unbranched alkanes of at least 4 members (excludes halogenated alkanes) is 2. The molecule has 6 nitrogen and oxygen atoms in total. The van der Waals surface area contributed by atoms with Gasteiger partial charge in [-0.15, -0.1) is 16.5 Å². The van der Waals surface area contributed by atoms with Crippen molar-refractivity contribution in [2.75, 3.05) is 10.6 Å². The highest BCUT2D eigenvalue weighted by Gasteiger charge is 2.26. The van der Waals surface area contributed by atoms with Gasteiger partial charge in [-0.25, -0.2) is 14.2 Å². The van der Waals surface area contributed by atoms with Crippen molar-refractivity contribution >= 4 is 28.8 Å². The summed E-state index contributed by atoms with van der Waals surface area (Å²) in [7, 11) is 0. The number of aromatic nitrogens is 1. The van der Waals surface area contributed by atoms with Crippen LogP contribution in [-0.2, 0) is 0 Å². The monoisotopic (exact) mass is 551 g/mol. The fourth-order valence-corrected chi connectivity index (χ4v) is 6.75. The Hall–Kier alpha value is -2.97. The van der Waals surface area contributed by atoms with E-state index >= 15 is 4.39 Å². The van der Waals surface area contributed by atoms with Crippen molar-refractivity contribution in [3.63, 3.8) is 0 Å². The van der Waals surface area contributed by atoms with Crippen LogP contribution < -0.4 is 10.6 Å². The van der Waals surface area contributed by atoms with Crippen LogP contribution in [0.15, 0.2) is 41.8 Å². The molecule has 2 aliphatic carbocycles. The normalized spacial score (nSPS) is 19.5. The first kappa shape index (κ1) is 27.6.